The molecule has 2 heterocycles. The van der Waals surface area contributed by atoms with Crippen LogP contribution in [-0.2, 0) is 0 Å². The van der Waals surface area contributed by atoms with Crippen molar-refractivity contribution >= 4 is 17.2 Å². The van der Waals surface area contributed by atoms with Gasteiger partial charge in [-0.25, -0.2) is 8.78 Å². The zero-order chi connectivity index (χ0) is 12.4. The Morgan fingerprint density at radius 3 is 2.65 bits per heavy atom. The Morgan fingerprint density at radius 2 is 2.12 bits per heavy atom. The highest BCUT2D eigenvalue weighted by molar-refractivity contribution is 7.14. The average molecular weight is 260 g/mol. The molecule has 1 aliphatic rings. The van der Waals surface area contributed by atoms with Crippen molar-refractivity contribution in [2.45, 2.75) is 25.2 Å². The third-order valence-corrected chi connectivity index (χ3v) is 4.17. The predicted octanol–water partition coefficient (Wildman–Crippen LogP) is 2.25. The van der Waals surface area contributed by atoms with E-state index >= 15 is 0 Å². The molecule has 0 aromatic carbocycles. The maximum absolute atomic E-state index is 12.6. The topological polar surface area (TPSA) is 55.1 Å². The van der Waals surface area contributed by atoms with Crippen LogP contribution in [0.2, 0.25) is 0 Å². The van der Waals surface area contributed by atoms with Crippen LogP contribution < -0.4 is 11.1 Å². The van der Waals surface area contributed by atoms with Crippen LogP contribution in [0.1, 0.15) is 45.3 Å². The first-order valence-corrected chi connectivity index (χ1v) is 6.33. The lowest BCUT2D eigenvalue weighted by atomic mass is 9.90. The molecule has 0 atom stereocenters. The number of hydrogen-bond donors (Lipinski definition) is 2. The zero-order valence-electron chi connectivity index (χ0n) is 9.21. The molecular weight excluding hydrogens is 246 g/mol. The fourth-order valence-electron chi connectivity index (χ4n) is 2.16. The highest BCUT2D eigenvalue weighted by atomic mass is 32.1. The largest absolute Gasteiger partial charge is 0.365 e. The van der Waals surface area contributed by atoms with Gasteiger partial charge < -0.3 is 11.1 Å². The van der Waals surface area contributed by atoms with E-state index in [9.17, 15) is 13.6 Å². The van der Waals surface area contributed by atoms with Crippen LogP contribution in [0.15, 0.2) is 6.07 Å². The van der Waals surface area contributed by atoms with Gasteiger partial charge in [-0.1, -0.05) is 0 Å². The number of alkyl halides is 2. The van der Waals surface area contributed by atoms with Crippen LogP contribution >= 0.6 is 11.3 Å². The number of carbonyl (C=O) groups excluding carboxylic acids is 1. The molecule has 1 saturated heterocycles. The smallest absolute Gasteiger partial charge is 0.272 e. The monoisotopic (exact) mass is 260 g/mol. The van der Waals surface area contributed by atoms with E-state index in [1.807, 2.05) is 0 Å². The molecule has 0 bridgehead atoms. The maximum Gasteiger partial charge on any atom is 0.272 e. The van der Waals surface area contributed by atoms with Crippen molar-refractivity contribution in [3.63, 3.8) is 0 Å². The molecule has 1 fully saturated rings. The first-order chi connectivity index (χ1) is 8.09. The van der Waals surface area contributed by atoms with Crippen molar-refractivity contribution in [1.29, 1.82) is 0 Å². The Hall–Kier alpha value is -1.01. The molecule has 1 aliphatic heterocycles. The second kappa shape index (κ2) is 5.10. The van der Waals surface area contributed by atoms with Crippen LogP contribution in [0.3, 0.4) is 0 Å². The lowest BCUT2D eigenvalue weighted by Crippen LogP contribution is -2.27. The van der Waals surface area contributed by atoms with Crippen molar-refractivity contribution in [3.05, 3.63) is 21.4 Å². The highest BCUT2D eigenvalue weighted by Crippen LogP contribution is 2.37. The van der Waals surface area contributed by atoms with E-state index in [-0.39, 0.29) is 10.8 Å². The molecule has 0 saturated carbocycles. The van der Waals surface area contributed by atoms with Crippen LogP contribution in [0.5, 0.6) is 0 Å². The Labute approximate surface area is 102 Å². The molecule has 0 radical (unpaired) electrons. The van der Waals surface area contributed by atoms with E-state index in [2.05, 4.69) is 5.32 Å². The summed E-state index contributed by atoms with van der Waals surface area (Å²) in [4.78, 5) is 11.5. The molecular formula is C11H14F2N2OS. The van der Waals surface area contributed by atoms with E-state index < -0.39 is 12.3 Å². The van der Waals surface area contributed by atoms with E-state index in [0.717, 1.165) is 37.3 Å². The Balaban J connectivity index is 2.32. The highest BCUT2D eigenvalue weighted by Gasteiger charge is 2.25. The number of carbonyl (C=O) groups is 1. The molecule has 1 amide bonds. The number of amides is 1. The van der Waals surface area contributed by atoms with Gasteiger partial charge in [0, 0.05) is 0 Å². The fourth-order valence-corrected chi connectivity index (χ4v) is 3.12. The number of primary amides is 1. The van der Waals surface area contributed by atoms with Gasteiger partial charge in [-0.2, -0.15) is 0 Å². The number of thiophene rings is 1. The summed E-state index contributed by atoms with van der Waals surface area (Å²) in [5.74, 6) is -0.432. The summed E-state index contributed by atoms with van der Waals surface area (Å²) in [5.41, 5.74) is 5.95. The van der Waals surface area contributed by atoms with Crippen molar-refractivity contribution in [1.82, 2.24) is 5.32 Å². The van der Waals surface area contributed by atoms with Gasteiger partial charge in [0.15, 0.2) is 0 Å². The van der Waals surface area contributed by atoms with Crippen LogP contribution in [0.4, 0.5) is 8.78 Å². The molecule has 6 heteroatoms. The molecule has 0 aliphatic carbocycles. The third-order valence-electron chi connectivity index (χ3n) is 3.00. The molecule has 17 heavy (non-hydrogen) atoms. The lowest BCUT2D eigenvalue weighted by Gasteiger charge is -2.22. The number of piperidine rings is 1. The zero-order valence-corrected chi connectivity index (χ0v) is 10.0. The first-order valence-electron chi connectivity index (χ1n) is 5.52. The number of halogens is 2. The van der Waals surface area contributed by atoms with Gasteiger partial charge in [0.05, 0.1) is 9.75 Å². The summed E-state index contributed by atoms with van der Waals surface area (Å²) < 4.78 is 25.3. The van der Waals surface area contributed by atoms with E-state index in [0.29, 0.717) is 10.4 Å². The minimum atomic E-state index is -2.53. The molecule has 1 aromatic rings. The lowest BCUT2D eigenvalue weighted by molar-refractivity contribution is 0.100. The maximum atomic E-state index is 12.6. The fraction of sp³-hybridized carbons (Fsp3) is 0.545. The number of nitrogens with two attached hydrogens (primary N) is 1. The van der Waals surface area contributed by atoms with Crippen LogP contribution in [0, 0.1) is 0 Å². The minimum absolute atomic E-state index is 0.0627. The second-order valence-corrected chi connectivity index (χ2v) is 5.21. The first kappa shape index (κ1) is 12.4. The molecule has 0 unspecified atom stereocenters. The Morgan fingerprint density at radius 1 is 1.47 bits per heavy atom. The van der Waals surface area contributed by atoms with Crippen LogP contribution in [0.25, 0.3) is 0 Å². The number of hydrogen-bond acceptors (Lipinski definition) is 3. The van der Waals surface area contributed by atoms with Crippen molar-refractivity contribution in [3.8, 4) is 0 Å². The molecule has 3 nitrogen and oxygen atoms in total. The molecule has 1 aromatic heterocycles. The third kappa shape index (κ3) is 2.63. The Bertz CT molecular complexity index is 414. The summed E-state index contributed by atoms with van der Waals surface area (Å²) in [7, 11) is 0. The van der Waals surface area contributed by atoms with Gasteiger partial charge >= 0.3 is 0 Å². The summed E-state index contributed by atoms with van der Waals surface area (Å²) in [6.45, 7) is 1.70. The van der Waals surface area contributed by atoms with E-state index in [4.69, 9.17) is 5.73 Å². The van der Waals surface area contributed by atoms with Crippen molar-refractivity contribution in [2.24, 2.45) is 5.73 Å². The van der Waals surface area contributed by atoms with Gasteiger partial charge in [-0.15, -0.1) is 11.3 Å². The van der Waals surface area contributed by atoms with Gasteiger partial charge in [0.2, 0.25) is 0 Å². The van der Waals surface area contributed by atoms with E-state index in [1.165, 1.54) is 6.07 Å². The number of rotatable bonds is 3. The normalized spacial score (nSPS) is 17.6. The van der Waals surface area contributed by atoms with Gasteiger partial charge in [-0.3, -0.25) is 4.79 Å². The summed E-state index contributed by atoms with van der Waals surface area (Å²) in [6, 6.07) is 1.45. The SMILES string of the molecule is NC(=O)c1sc(C(F)F)cc1C1CCNCC1. The quantitative estimate of drug-likeness (QED) is 0.875. The van der Waals surface area contributed by atoms with Crippen molar-refractivity contribution < 1.29 is 13.6 Å². The summed E-state index contributed by atoms with van der Waals surface area (Å²) in [6.07, 6.45) is -0.812. The summed E-state index contributed by atoms with van der Waals surface area (Å²) in [5, 5.41) is 3.20. The van der Waals surface area contributed by atoms with Gasteiger partial charge in [-0.05, 0) is 43.5 Å². The summed E-state index contributed by atoms with van der Waals surface area (Å²) >= 11 is 0.824. The molecule has 2 rings (SSSR count). The molecule has 3 N–H and O–H groups in total. The minimum Gasteiger partial charge on any atom is -0.365 e. The Kier molecular flexibility index (Phi) is 3.73. The van der Waals surface area contributed by atoms with E-state index in [1.54, 1.807) is 0 Å². The molecule has 94 valence electrons. The molecule has 0 spiro atoms. The van der Waals surface area contributed by atoms with Crippen LogP contribution in [-0.4, -0.2) is 19.0 Å². The second-order valence-electron chi connectivity index (χ2n) is 4.12. The van der Waals surface area contributed by atoms with Gasteiger partial charge in [0.1, 0.15) is 0 Å². The number of nitrogens with one attached hydrogen (secondary N) is 1. The average Bonchev–Trinajstić information content (AvgIpc) is 2.75. The standard InChI is InChI=1S/C11H14F2N2OS/c12-10(13)8-5-7(9(17-8)11(14)16)6-1-3-15-4-2-6/h5-6,10,15H,1-4H2,(H2,14,16). The van der Waals surface area contributed by atoms with Gasteiger partial charge in [0.25, 0.3) is 12.3 Å². The van der Waals surface area contributed by atoms with Crippen molar-refractivity contribution in [2.75, 3.05) is 13.1 Å². The predicted molar refractivity (Wildman–Crippen MR) is 62.6 cm³/mol.